The van der Waals surface area contributed by atoms with Crippen molar-refractivity contribution in [2.75, 3.05) is 40.5 Å². The average molecular weight is 377 g/mol. The lowest BCUT2D eigenvalue weighted by Crippen LogP contribution is -2.50. The lowest BCUT2D eigenvalue weighted by atomic mass is 10.1. The van der Waals surface area contributed by atoms with Crippen molar-refractivity contribution in [3.8, 4) is 0 Å². The molecule has 2 rings (SSSR count). The molecule has 0 spiro atoms. The van der Waals surface area contributed by atoms with Gasteiger partial charge in [0.15, 0.2) is 0 Å². The number of nitrogens with one attached hydrogen (secondary N) is 1. The lowest BCUT2D eigenvalue weighted by Gasteiger charge is -2.32. The van der Waals surface area contributed by atoms with Crippen molar-refractivity contribution in [1.82, 2.24) is 9.62 Å². The number of thiophene rings is 1. The molecule has 0 unspecified atom stereocenters. The molecule has 10 heteroatoms. The van der Waals surface area contributed by atoms with Crippen LogP contribution in [0.4, 0.5) is 0 Å². The summed E-state index contributed by atoms with van der Waals surface area (Å²) in [6.07, 6.45) is 0.184. The molecule has 1 aromatic heterocycles. The van der Waals surface area contributed by atoms with Gasteiger partial charge in [-0.15, -0.1) is 11.3 Å². The van der Waals surface area contributed by atoms with Crippen molar-refractivity contribution in [3.63, 3.8) is 0 Å². The number of hydrogen-bond acceptors (Lipinski definition) is 7. The molecule has 1 aliphatic heterocycles. The van der Waals surface area contributed by atoms with E-state index in [2.05, 4.69) is 4.72 Å². The van der Waals surface area contributed by atoms with E-state index in [9.17, 15) is 13.2 Å². The summed E-state index contributed by atoms with van der Waals surface area (Å²) in [5, 5.41) is 1.44. The van der Waals surface area contributed by atoms with E-state index in [0.717, 1.165) is 17.9 Å². The van der Waals surface area contributed by atoms with E-state index in [1.807, 2.05) is 19.0 Å². The van der Waals surface area contributed by atoms with Crippen LogP contribution in [-0.2, 0) is 19.5 Å². The lowest BCUT2D eigenvalue weighted by molar-refractivity contribution is -0.0665. The highest BCUT2D eigenvalue weighted by molar-refractivity contribution is 7.91. The molecule has 0 aromatic carbocycles. The van der Waals surface area contributed by atoms with Crippen LogP contribution in [0.15, 0.2) is 15.7 Å². The molecule has 136 valence electrons. The van der Waals surface area contributed by atoms with Crippen LogP contribution in [0.5, 0.6) is 0 Å². The molecule has 0 aliphatic carbocycles. The first kappa shape index (κ1) is 19.3. The largest absolute Gasteiger partial charge is 0.379 e. The Bertz CT molecular complexity index is 659. The number of ether oxygens (including phenoxy) is 2. The van der Waals surface area contributed by atoms with E-state index in [1.165, 1.54) is 11.4 Å². The minimum atomic E-state index is -3.73. The van der Waals surface area contributed by atoms with Gasteiger partial charge in [-0.25, -0.2) is 13.1 Å². The van der Waals surface area contributed by atoms with Gasteiger partial charge in [-0.1, -0.05) is 0 Å². The van der Waals surface area contributed by atoms with E-state index in [1.54, 1.807) is 0 Å². The van der Waals surface area contributed by atoms with Crippen LogP contribution in [-0.4, -0.2) is 71.8 Å². The molecule has 3 N–H and O–H groups in total. The van der Waals surface area contributed by atoms with E-state index in [4.69, 9.17) is 15.2 Å². The zero-order valence-corrected chi connectivity index (χ0v) is 15.4. The first-order valence-corrected chi connectivity index (χ1v) is 9.90. The summed E-state index contributed by atoms with van der Waals surface area (Å²) >= 11 is 0.966. The fraction of sp³-hybridized carbons (Fsp3) is 0.643. The monoisotopic (exact) mass is 377 g/mol. The second-order valence-corrected chi connectivity index (χ2v) is 8.67. The highest BCUT2D eigenvalue weighted by Crippen LogP contribution is 2.22. The number of sulfonamides is 1. The van der Waals surface area contributed by atoms with Gasteiger partial charge in [0.05, 0.1) is 30.9 Å². The molecule has 2 heterocycles. The van der Waals surface area contributed by atoms with Gasteiger partial charge in [0.25, 0.3) is 0 Å². The van der Waals surface area contributed by atoms with Gasteiger partial charge in [0.2, 0.25) is 15.9 Å². The zero-order chi connectivity index (χ0) is 17.7. The number of primary amides is 1. The number of likely N-dealkylation sites (N-methyl/N-ethyl adjacent to an activating group) is 1. The van der Waals surface area contributed by atoms with Gasteiger partial charge in [-0.2, -0.15) is 0 Å². The number of amides is 1. The summed E-state index contributed by atoms with van der Waals surface area (Å²) in [4.78, 5) is 13.1. The molecule has 24 heavy (non-hydrogen) atoms. The third-order valence-corrected chi connectivity index (χ3v) is 6.54. The van der Waals surface area contributed by atoms with Gasteiger partial charge >= 0.3 is 0 Å². The number of hydrogen-bond donors (Lipinski definition) is 2. The Kier molecular flexibility index (Phi) is 6.72. The number of nitrogens with two attached hydrogens (primary N) is 1. The van der Waals surface area contributed by atoms with Crippen LogP contribution >= 0.6 is 11.3 Å². The summed E-state index contributed by atoms with van der Waals surface area (Å²) in [7, 11) is 0.145. The number of nitrogens with zero attached hydrogens (tertiary/aromatic N) is 1. The van der Waals surface area contributed by atoms with E-state index in [-0.39, 0.29) is 21.9 Å². The highest BCUT2D eigenvalue weighted by Gasteiger charge is 2.31. The maximum atomic E-state index is 12.5. The SMILES string of the molecule is CN(C)CCO[C@@H]1COCC[C@H]1NS(=O)(=O)c1cc(C(N)=O)cs1. The smallest absolute Gasteiger partial charge is 0.250 e. The summed E-state index contributed by atoms with van der Waals surface area (Å²) < 4.78 is 38.9. The first-order chi connectivity index (χ1) is 11.3. The second-order valence-electron chi connectivity index (χ2n) is 5.82. The minimum absolute atomic E-state index is 0.0647. The molecule has 0 saturated carbocycles. The third-order valence-electron chi connectivity index (χ3n) is 3.61. The standard InChI is InChI=1S/C14H23N3O5S2/c1-17(2)4-6-22-12-8-21-5-3-11(12)16-24(19,20)13-7-10(9-23-13)14(15)18/h7,9,11-12,16H,3-6,8H2,1-2H3,(H2,15,18)/t11-,12-/m1/s1. The Hall–Kier alpha value is -1.04. The zero-order valence-electron chi connectivity index (χ0n) is 13.7. The molecule has 1 fully saturated rings. The van der Waals surface area contributed by atoms with Crippen molar-refractivity contribution in [2.45, 2.75) is 22.8 Å². The Balaban J connectivity index is 2.03. The third kappa shape index (κ3) is 5.23. The molecule has 1 saturated heterocycles. The van der Waals surface area contributed by atoms with Crippen molar-refractivity contribution >= 4 is 27.3 Å². The Morgan fingerprint density at radius 2 is 2.29 bits per heavy atom. The summed E-state index contributed by atoms with van der Waals surface area (Å²) in [6.45, 7) is 2.04. The van der Waals surface area contributed by atoms with Crippen LogP contribution < -0.4 is 10.5 Å². The normalized spacial score (nSPS) is 22.0. The van der Waals surface area contributed by atoms with Crippen molar-refractivity contribution < 1.29 is 22.7 Å². The van der Waals surface area contributed by atoms with Crippen molar-refractivity contribution in [2.24, 2.45) is 5.73 Å². The molecule has 1 aliphatic rings. The highest BCUT2D eigenvalue weighted by atomic mass is 32.2. The molecule has 2 atom stereocenters. The Labute approximate surface area is 146 Å². The fourth-order valence-electron chi connectivity index (χ4n) is 2.24. The van der Waals surface area contributed by atoms with E-state index < -0.39 is 15.9 Å². The van der Waals surface area contributed by atoms with E-state index in [0.29, 0.717) is 26.2 Å². The molecule has 1 aromatic rings. The topological polar surface area (TPSA) is 111 Å². The molecule has 0 radical (unpaired) electrons. The minimum Gasteiger partial charge on any atom is -0.379 e. The Morgan fingerprint density at radius 3 is 2.92 bits per heavy atom. The molecule has 0 bridgehead atoms. The Morgan fingerprint density at radius 1 is 1.54 bits per heavy atom. The van der Waals surface area contributed by atoms with Crippen molar-refractivity contribution in [3.05, 3.63) is 17.0 Å². The molecular formula is C14H23N3O5S2. The van der Waals surface area contributed by atoms with Crippen molar-refractivity contribution in [1.29, 1.82) is 0 Å². The maximum Gasteiger partial charge on any atom is 0.250 e. The number of carbonyl (C=O) groups excluding carboxylic acids is 1. The summed E-state index contributed by atoms with van der Waals surface area (Å²) in [5.74, 6) is -0.649. The van der Waals surface area contributed by atoms with Gasteiger partial charge in [0.1, 0.15) is 4.21 Å². The predicted octanol–water partition coefficient (Wildman–Crippen LogP) is -0.139. The summed E-state index contributed by atoms with van der Waals surface area (Å²) in [5.41, 5.74) is 5.35. The summed E-state index contributed by atoms with van der Waals surface area (Å²) in [6, 6.07) is 0.918. The van der Waals surface area contributed by atoms with Crippen LogP contribution in [0.3, 0.4) is 0 Å². The van der Waals surface area contributed by atoms with Crippen LogP contribution in [0, 0.1) is 0 Å². The first-order valence-electron chi connectivity index (χ1n) is 7.54. The predicted molar refractivity (Wildman–Crippen MR) is 90.7 cm³/mol. The van der Waals surface area contributed by atoms with Gasteiger partial charge in [-0.05, 0) is 26.6 Å². The van der Waals surface area contributed by atoms with Crippen LogP contribution in [0.1, 0.15) is 16.8 Å². The average Bonchev–Trinajstić information content (AvgIpc) is 2.99. The quantitative estimate of drug-likeness (QED) is 0.652. The van der Waals surface area contributed by atoms with Crippen LogP contribution in [0.2, 0.25) is 0 Å². The maximum absolute atomic E-state index is 12.5. The number of carbonyl (C=O) groups is 1. The van der Waals surface area contributed by atoms with Gasteiger partial charge < -0.3 is 20.1 Å². The molecule has 8 nitrogen and oxygen atoms in total. The van der Waals surface area contributed by atoms with Gasteiger partial charge in [-0.3, -0.25) is 4.79 Å². The van der Waals surface area contributed by atoms with Gasteiger partial charge in [0, 0.05) is 18.5 Å². The second kappa shape index (κ2) is 8.37. The molecular weight excluding hydrogens is 354 g/mol. The van der Waals surface area contributed by atoms with Crippen LogP contribution in [0.25, 0.3) is 0 Å². The molecule has 1 amide bonds. The van der Waals surface area contributed by atoms with E-state index >= 15 is 0 Å². The number of rotatable bonds is 8. The fourth-order valence-corrected chi connectivity index (χ4v) is 4.73.